The summed E-state index contributed by atoms with van der Waals surface area (Å²) in [7, 11) is 0. The largest absolute Gasteiger partial charge is 0.298 e. The summed E-state index contributed by atoms with van der Waals surface area (Å²) >= 11 is 1.74. The third-order valence-electron chi connectivity index (χ3n) is 3.23. The first-order chi connectivity index (χ1) is 9.65. The molecule has 0 unspecified atom stereocenters. The molecule has 0 aliphatic carbocycles. The smallest absolute Gasteiger partial charge is 0.149 e. The Morgan fingerprint density at radius 1 is 1.10 bits per heavy atom. The van der Waals surface area contributed by atoms with Crippen LogP contribution >= 0.6 is 11.3 Å². The first kappa shape index (κ1) is 14.9. The van der Waals surface area contributed by atoms with Crippen LogP contribution in [-0.2, 0) is 17.9 Å². The van der Waals surface area contributed by atoms with Crippen molar-refractivity contribution in [3.63, 3.8) is 0 Å². The number of nitrogens with zero attached hydrogens (tertiary/aromatic N) is 1. The van der Waals surface area contributed by atoms with Crippen LogP contribution in [0.5, 0.6) is 0 Å². The molecule has 0 amide bonds. The van der Waals surface area contributed by atoms with E-state index in [0.717, 1.165) is 13.1 Å². The fourth-order valence-electron chi connectivity index (χ4n) is 2.04. The summed E-state index contributed by atoms with van der Waals surface area (Å²) in [6.45, 7) is 6.11. The van der Waals surface area contributed by atoms with E-state index in [0.29, 0.717) is 12.3 Å². The van der Waals surface area contributed by atoms with Crippen LogP contribution in [0.15, 0.2) is 47.8 Å². The van der Waals surface area contributed by atoms with Crippen molar-refractivity contribution < 1.29 is 4.79 Å². The molecule has 0 fully saturated rings. The Hall–Kier alpha value is -1.45. The Balaban J connectivity index is 2.05. The molecule has 0 N–H and O–H groups in total. The number of carbonyl (C=O) groups excluding carboxylic acids is 1. The summed E-state index contributed by atoms with van der Waals surface area (Å²) in [5, 5.41) is 2.08. The highest BCUT2D eigenvalue weighted by Gasteiger charge is 2.15. The van der Waals surface area contributed by atoms with E-state index in [9.17, 15) is 4.79 Å². The summed E-state index contributed by atoms with van der Waals surface area (Å²) in [6, 6.07) is 14.5. The van der Waals surface area contributed by atoms with Crippen molar-refractivity contribution in [1.82, 2.24) is 4.90 Å². The molecule has 0 saturated heterocycles. The van der Waals surface area contributed by atoms with Gasteiger partial charge in [0.1, 0.15) is 5.78 Å². The lowest BCUT2D eigenvalue weighted by Crippen LogP contribution is -2.31. The van der Waals surface area contributed by atoms with Crippen LogP contribution in [0.1, 0.15) is 24.3 Å². The van der Waals surface area contributed by atoms with Crippen molar-refractivity contribution in [2.75, 3.05) is 6.54 Å². The van der Waals surface area contributed by atoms with Gasteiger partial charge in [0.2, 0.25) is 0 Å². The Morgan fingerprint density at radius 3 is 2.45 bits per heavy atom. The van der Waals surface area contributed by atoms with Crippen LogP contribution in [0.2, 0.25) is 0 Å². The number of ketones is 1. The SMILES string of the molecule is CC(C)C(=O)CN(Cc1ccccc1)Cc1cccs1. The van der Waals surface area contributed by atoms with Crippen LogP contribution in [0.25, 0.3) is 0 Å². The van der Waals surface area contributed by atoms with E-state index in [2.05, 4.69) is 34.5 Å². The number of carbonyl (C=O) groups is 1. The Kier molecular flexibility index (Phi) is 5.50. The number of benzene rings is 1. The molecule has 0 atom stereocenters. The van der Waals surface area contributed by atoms with E-state index in [1.807, 2.05) is 32.0 Å². The molecule has 20 heavy (non-hydrogen) atoms. The molecule has 3 heteroatoms. The van der Waals surface area contributed by atoms with E-state index in [1.165, 1.54) is 10.4 Å². The van der Waals surface area contributed by atoms with Gasteiger partial charge in [-0.15, -0.1) is 11.3 Å². The summed E-state index contributed by atoms with van der Waals surface area (Å²) in [4.78, 5) is 15.6. The van der Waals surface area contributed by atoms with Gasteiger partial charge < -0.3 is 0 Å². The first-order valence-corrected chi connectivity index (χ1v) is 7.84. The molecule has 1 heterocycles. The van der Waals surface area contributed by atoms with Gasteiger partial charge in [-0.1, -0.05) is 50.2 Å². The van der Waals surface area contributed by atoms with Crippen LogP contribution < -0.4 is 0 Å². The second-order valence-electron chi connectivity index (χ2n) is 5.33. The predicted octanol–water partition coefficient (Wildman–Crippen LogP) is 3.98. The van der Waals surface area contributed by atoms with Crippen molar-refractivity contribution >= 4 is 17.1 Å². The van der Waals surface area contributed by atoms with E-state index in [1.54, 1.807) is 11.3 Å². The lowest BCUT2D eigenvalue weighted by Gasteiger charge is -2.22. The highest BCUT2D eigenvalue weighted by atomic mass is 32.1. The maximum atomic E-state index is 12.0. The number of Topliss-reactive ketones (excluding diaryl/α,β-unsaturated/α-hetero) is 1. The molecule has 0 aliphatic heterocycles. The fraction of sp³-hybridized carbons (Fsp3) is 0.353. The van der Waals surface area contributed by atoms with Gasteiger partial charge >= 0.3 is 0 Å². The van der Waals surface area contributed by atoms with Crippen molar-refractivity contribution in [2.45, 2.75) is 26.9 Å². The van der Waals surface area contributed by atoms with Crippen LogP contribution in [0, 0.1) is 5.92 Å². The minimum Gasteiger partial charge on any atom is -0.298 e. The normalized spacial score (nSPS) is 11.2. The van der Waals surface area contributed by atoms with E-state index in [-0.39, 0.29) is 5.92 Å². The maximum Gasteiger partial charge on any atom is 0.149 e. The topological polar surface area (TPSA) is 20.3 Å². The number of hydrogen-bond donors (Lipinski definition) is 0. The molecule has 0 saturated carbocycles. The van der Waals surface area contributed by atoms with Gasteiger partial charge in [0.05, 0.1) is 6.54 Å². The second kappa shape index (κ2) is 7.36. The molecule has 2 nitrogen and oxygen atoms in total. The quantitative estimate of drug-likeness (QED) is 0.768. The van der Waals surface area contributed by atoms with Gasteiger partial charge in [-0.05, 0) is 17.0 Å². The molecule has 2 aromatic rings. The zero-order chi connectivity index (χ0) is 14.4. The van der Waals surface area contributed by atoms with Crippen molar-refractivity contribution in [3.05, 3.63) is 58.3 Å². The van der Waals surface area contributed by atoms with Gasteiger partial charge in [0, 0.05) is 23.9 Å². The molecule has 1 aromatic carbocycles. The number of rotatable bonds is 7. The molecule has 0 bridgehead atoms. The van der Waals surface area contributed by atoms with E-state index >= 15 is 0 Å². The highest BCUT2D eigenvalue weighted by Crippen LogP contribution is 2.15. The molecule has 1 aromatic heterocycles. The van der Waals surface area contributed by atoms with Gasteiger partial charge in [-0.2, -0.15) is 0 Å². The van der Waals surface area contributed by atoms with Gasteiger partial charge in [0.15, 0.2) is 0 Å². The maximum absolute atomic E-state index is 12.0. The van der Waals surface area contributed by atoms with Crippen LogP contribution in [0.3, 0.4) is 0 Å². The lowest BCUT2D eigenvalue weighted by atomic mass is 10.1. The molecule has 0 aliphatic rings. The summed E-state index contributed by atoms with van der Waals surface area (Å²) in [6.07, 6.45) is 0. The van der Waals surface area contributed by atoms with Crippen molar-refractivity contribution in [3.8, 4) is 0 Å². The molecule has 106 valence electrons. The summed E-state index contributed by atoms with van der Waals surface area (Å²) in [5.41, 5.74) is 1.25. The average molecular weight is 287 g/mol. The molecule has 2 rings (SSSR count). The first-order valence-electron chi connectivity index (χ1n) is 6.96. The predicted molar refractivity (Wildman–Crippen MR) is 84.7 cm³/mol. The van der Waals surface area contributed by atoms with Crippen molar-refractivity contribution in [1.29, 1.82) is 0 Å². The summed E-state index contributed by atoms with van der Waals surface area (Å²) < 4.78 is 0. The minimum absolute atomic E-state index is 0.0941. The standard InChI is InChI=1S/C17H21NOS/c1-14(2)17(19)13-18(12-16-9-6-10-20-16)11-15-7-4-3-5-8-15/h3-10,14H,11-13H2,1-2H3. The fourth-order valence-corrected chi connectivity index (χ4v) is 2.78. The third kappa shape index (κ3) is 4.58. The Labute approximate surface area is 125 Å². The molecular formula is C17H21NOS. The number of hydrogen-bond acceptors (Lipinski definition) is 3. The van der Waals surface area contributed by atoms with Gasteiger partial charge in [-0.25, -0.2) is 0 Å². The molecular weight excluding hydrogens is 266 g/mol. The Morgan fingerprint density at radius 2 is 1.85 bits per heavy atom. The Bertz CT molecular complexity index is 519. The van der Waals surface area contributed by atoms with Crippen molar-refractivity contribution in [2.24, 2.45) is 5.92 Å². The van der Waals surface area contributed by atoms with E-state index < -0.39 is 0 Å². The molecule has 0 spiro atoms. The van der Waals surface area contributed by atoms with Gasteiger partial charge in [-0.3, -0.25) is 9.69 Å². The summed E-state index contributed by atoms with van der Waals surface area (Å²) in [5.74, 6) is 0.397. The zero-order valence-electron chi connectivity index (χ0n) is 12.1. The van der Waals surface area contributed by atoms with Crippen LogP contribution in [0.4, 0.5) is 0 Å². The second-order valence-corrected chi connectivity index (χ2v) is 6.36. The molecule has 0 radical (unpaired) electrons. The third-order valence-corrected chi connectivity index (χ3v) is 4.09. The zero-order valence-corrected chi connectivity index (χ0v) is 12.9. The van der Waals surface area contributed by atoms with Crippen LogP contribution in [-0.4, -0.2) is 17.2 Å². The lowest BCUT2D eigenvalue weighted by molar-refractivity contribution is -0.123. The highest BCUT2D eigenvalue weighted by molar-refractivity contribution is 7.09. The van der Waals surface area contributed by atoms with E-state index in [4.69, 9.17) is 0 Å². The van der Waals surface area contributed by atoms with Gasteiger partial charge in [0.25, 0.3) is 0 Å². The minimum atomic E-state index is 0.0941. The number of thiophene rings is 1. The average Bonchev–Trinajstić information content (AvgIpc) is 2.92. The monoisotopic (exact) mass is 287 g/mol.